The fourth-order valence-corrected chi connectivity index (χ4v) is 1.95. The molecule has 1 atom stereocenters. The first-order chi connectivity index (χ1) is 10.1. The zero-order valence-corrected chi connectivity index (χ0v) is 13.6. The molecule has 0 radical (unpaired) electrons. The van der Waals surface area contributed by atoms with Crippen LogP contribution < -0.4 is 10.1 Å². The molecule has 122 valence electrons. The van der Waals surface area contributed by atoms with Crippen LogP contribution in [-0.2, 0) is 16.0 Å². The lowest BCUT2D eigenvalue weighted by Crippen LogP contribution is -2.44. The molecule has 0 aliphatic heterocycles. The van der Waals surface area contributed by atoms with Gasteiger partial charge in [0.05, 0.1) is 7.11 Å². The first kappa shape index (κ1) is 17.8. The molecule has 0 heterocycles. The number of nitrogens with one attached hydrogen (secondary N) is 1. The number of carboxylic acids is 1. The van der Waals surface area contributed by atoms with Crippen molar-refractivity contribution in [3.63, 3.8) is 0 Å². The van der Waals surface area contributed by atoms with Gasteiger partial charge < -0.3 is 19.9 Å². The molecule has 0 aliphatic rings. The van der Waals surface area contributed by atoms with Crippen LogP contribution >= 0.6 is 0 Å². The number of aliphatic carboxylic acids is 1. The van der Waals surface area contributed by atoms with E-state index in [1.54, 1.807) is 40.0 Å². The summed E-state index contributed by atoms with van der Waals surface area (Å²) in [7, 11) is 1.58. The van der Waals surface area contributed by atoms with E-state index < -0.39 is 23.7 Å². The van der Waals surface area contributed by atoms with Crippen LogP contribution in [0.3, 0.4) is 0 Å². The lowest BCUT2D eigenvalue weighted by molar-refractivity contribution is -0.139. The standard InChI is InChI=1S/C16H23NO5/c1-10-8-11(6-7-13(10)21-5)9-12(14(18)19)17-15(20)22-16(2,3)4/h6-8,12H,9H2,1-5H3,(H,17,20)(H,18,19)/t12-/m0/s1. The number of aryl methyl sites for hydroxylation is 1. The van der Waals surface area contributed by atoms with E-state index in [1.165, 1.54) is 0 Å². The zero-order chi connectivity index (χ0) is 16.9. The molecule has 0 bridgehead atoms. The highest BCUT2D eigenvalue weighted by atomic mass is 16.6. The Morgan fingerprint density at radius 3 is 2.41 bits per heavy atom. The molecule has 0 aliphatic carbocycles. The van der Waals surface area contributed by atoms with Crippen LogP contribution in [0.5, 0.6) is 5.75 Å². The van der Waals surface area contributed by atoms with Crippen molar-refractivity contribution in [1.82, 2.24) is 5.32 Å². The third-order valence-electron chi connectivity index (χ3n) is 2.89. The number of methoxy groups -OCH3 is 1. The van der Waals surface area contributed by atoms with Crippen LogP contribution in [0.4, 0.5) is 4.79 Å². The fraction of sp³-hybridized carbons (Fsp3) is 0.500. The van der Waals surface area contributed by atoms with Gasteiger partial charge in [0, 0.05) is 6.42 Å². The van der Waals surface area contributed by atoms with Crippen LogP contribution in [0.15, 0.2) is 18.2 Å². The molecular formula is C16H23NO5. The number of carbonyl (C=O) groups excluding carboxylic acids is 1. The first-order valence-corrected chi connectivity index (χ1v) is 6.98. The summed E-state index contributed by atoms with van der Waals surface area (Å²) in [6.07, 6.45) is -0.579. The predicted octanol–water partition coefficient (Wildman–Crippen LogP) is 2.52. The molecule has 1 rings (SSSR count). The molecule has 1 aromatic rings. The Bertz CT molecular complexity index is 548. The maximum atomic E-state index is 11.7. The van der Waals surface area contributed by atoms with E-state index in [9.17, 15) is 14.7 Å². The summed E-state index contributed by atoms with van der Waals surface area (Å²) in [4.78, 5) is 23.0. The Hall–Kier alpha value is -2.24. The average molecular weight is 309 g/mol. The molecule has 0 saturated heterocycles. The molecule has 1 amide bonds. The second kappa shape index (κ2) is 7.15. The summed E-state index contributed by atoms with van der Waals surface area (Å²) in [5.74, 6) is -0.380. The normalized spacial score (nSPS) is 12.4. The van der Waals surface area contributed by atoms with Gasteiger partial charge in [-0.15, -0.1) is 0 Å². The Kier molecular flexibility index (Phi) is 5.79. The molecular weight excluding hydrogens is 286 g/mol. The third-order valence-corrected chi connectivity index (χ3v) is 2.89. The van der Waals surface area contributed by atoms with Crippen molar-refractivity contribution < 1.29 is 24.2 Å². The number of ether oxygens (including phenoxy) is 2. The van der Waals surface area contributed by atoms with Gasteiger partial charge in [0.15, 0.2) is 0 Å². The van der Waals surface area contributed by atoms with E-state index in [-0.39, 0.29) is 6.42 Å². The van der Waals surface area contributed by atoms with Gasteiger partial charge in [0.25, 0.3) is 0 Å². The second-order valence-corrected chi connectivity index (χ2v) is 6.05. The van der Waals surface area contributed by atoms with Crippen molar-refractivity contribution >= 4 is 12.1 Å². The van der Waals surface area contributed by atoms with Crippen LogP contribution in [0.25, 0.3) is 0 Å². The summed E-state index contributed by atoms with van der Waals surface area (Å²) in [5, 5.41) is 11.6. The van der Waals surface area contributed by atoms with E-state index in [1.807, 2.05) is 13.0 Å². The Balaban J connectivity index is 2.78. The number of hydrogen-bond donors (Lipinski definition) is 2. The van der Waals surface area contributed by atoms with Crippen molar-refractivity contribution in [2.45, 2.75) is 45.8 Å². The zero-order valence-electron chi connectivity index (χ0n) is 13.6. The monoisotopic (exact) mass is 309 g/mol. The summed E-state index contributed by atoms with van der Waals surface area (Å²) >= 11 is 0. The highest BCUT2D eigenvalue weighted by Gasteiger charge is 2.24. The summed E-state index contributed by atoms with van der Waals surface area (Å²) in [6.45, 7) is 7.03. The van der Waals surface area contributed by atoms with Gasteiger partial charge in [-0.3, -0.25) is 0 Å². The van der Waals surface area contributed by atoms with Crippen molar-refractivity contribution in [3.8, 4) is 5.75 Å². The lowest BCUT2D eigenvalue weighted by atomic mass is 10.0. The molecule has 6 heteroatoms. The third kappa shape index (κ3) is 5.63. The van der Waals surface area contributed by atoms with Gasteiger partial charge in [0.1, 0.15) is 17.4 Å². The molecule has 0 fully saturated rings. The minimum atomic E-state index is -1.11. The van der Waals surface area contributed by atoms with Crippen molar-refractivity contribution in [1.29, 1.82) is 0 Å². The van der Waals surface area contributed by atoms with E-state index in [0.717, 1.165) is 16.9 Å². The Morgan fingerprint density at radius 2 is 1.95 bits per heavy atom. The van der Waals surface area contributed by atoms with Crippen LogP contribution in [0.2, 0.25) is 0 Å². The SMILES string of the molecule is COc1ccc(C[C@H](NC(=O)OC(C)(C)C)C(=O)O)cc1C. The van der Waals surface area contributed by atoms with Crippen LogP contribution in [0, 0.1) is 6.92 Å². The smallest absolute Gasteiger partial charge is 0.408 e. The lowest BCUT2D eigenvalue weighted by Gasteiger charge is -2.22. The van der Waals surface area contributed by atoms with Crippen molar-refractivity contribution in [2.75, 3.05) is 7.11 Å². The number of hydrogen-bond acceptors (Lipinski definition) is 4. The van der Waals surface area contributed by atoms with Crippen LogP contribution in [0.1, 0.15) is 31.9 Å². The number of carbonyl (C=O) groups is 2. The van der Waals surface area contributed by atoms with E-state index in [4.69, 9.17) is 9.47 Å². The predicted molar refractivity (Wildman–Crippen MR) is 82.2 cm³/mol. The molecule has 0 saturated carbocycles. The van der Waals surface area contributed by atoms with E-state index >= 15 is 0 Å². The van der Waals surface area contributed by atoms with Gasteiger partial charge >= 0.3 is 12.1 Å². The molecule has 0 unspecified atom stereocenters. The van der Waals surface area contributed by atoms with Crippen molar-refractivity contribution in [2.24, 2.45) is 0 Å². The Labute approximate surface area is 130 Å². The van der Waals surface area contributed by atoms with Gasteiger partial charge in [-0.1, -0.05) is 12.1 Å². The number of rotatable bonds is 5. The highest BCUT2D eigenvalue weighted by Crippen LogP contribution is 2.19. The Morgan fingerprint density at radius 1 is 1.32 bits per heavy atom. The number of alkyl carbamates (subject to hydrolysis) is 1. The molecule has 2 N–H and O–H groups in total. The number of benzene rings is 1. The number of carboxylic acid groups (broad SMARTS) is 1. The maximum absolute atomic E-state index is 11.7. The summed E-state index contributed by atoms with van der Waals surface area (Å²) in [6, 6.07) is 4.34. The van der Waals surface area contributed by atoms with Gasteiger partial charge in [-0.2, -0.15) is 0 Å². The topological polar surface area (TPSA) is 84.9 Å². The molecule has 22 heavy (non-hydrogen) atoms. The summed E-state index contributed by atoms with van der Waals surface area (Å²) < 4.78 is 10.2. The average Bonchev–Trinajstić information content (AvgIpc) is 2.35. The maximum Gasteiger partial charge on any atom is 0.408 e. The summed E-state index contributed by atoms with van der Waals surface area (Å²) in [5.41, 5.74) is 1.02. The molecule has 0 aromatic heterocycles. The minimum absolute atomic E-state index is 0.166. The van der Waals surface area contributed by atoms with Gasteiger partial charge in [0.2, 0.25) is 0 Å². The number of amides is 1. The first-order valence-electron chi connectivity index (χ1n) is 6.98. The van der Waals surface area contributed by atoms with E-state index in [2.05, 4.69) is 5.32 Å². The molecule has 1 aromatic carbocycles. The van der Waals surface area contributed by atoms with E-state index in [0.29, 0.717) is 0 Å². The highest BCUT2D eigenvalue weighted by molar-refractivity contribution is 5.80. The van der Waals surface area contributed by atoms with Crippen LogP contribution in [-0.4, -0.2) is 35.9 Å². The quantitative estimate of drug-likeness (QED) is 0.873. The van der Waals surface area contributed by atoms with Gasteiger partial charge in [-0.25, -0.2) is 9.59 Å². The minimum Gasteiger partial charge on any atom is -0.496 e. The molecule has 6 nitrogen and oxygen atoms in total. The van der Waals surface area contributed by atoms with Crippen molar-refractivity contribution in [3.05, 3.63) is 29.3 Å². The second-order valence-electron chi connectivity index (χ2n) is 6.05. The van der Waals surface area contributed by atoms with Gasteiger partial charge in [-0.05, 0) is 44.9 Å². The fourth-order valence-electron chi connectivity index (χ4n) is 1.95. The largest absolute Gasteiger partial charge is 0.496 e. The molecule has 0 spiro atoms.